The number of nitrogen functional groups attached to an aromatic ring is 1. The predicted molar refractivity (Wildman–Crippen MR) is 79.8 cm³/mol. The van der Waals surface area contributed by atoms with Gasteiger partial charge in [0, 0.05) is 0 Å². The second-order valence-electron chi connectivity index (χ2n) is 6.21. The average Bonchev–Trinajstić information content (AvgIpc) is 2.25. The van der Waals surface area contributed by atoms with Gasteiger partial charge in [0.15, 0.2) is 0 Å². The highest BCUT2D eigenvalue weighted by atomic mass is 16.6. The number of carbonyl (C=O) groups is 1. The number of ether oxygens (including phenoxy) is 2. The average molecular weight is 280 g/mol. The standard InChI is InChI=1S/C15H24N2O3/c1-14(2,3)20-13(18)17-15(4,5)10-7-8-11(16)12(9-10)19-6/h7-9H,16H2,1-6H3,(H,17,18). The van der Waals surface area contributed by atoms with Crippen LogP contribution in [0, 0.1) is 0 Å². The number of methoxy groups -OCH3 is 1. The number of hydrogen-bond donors (Lipinski definition) is 2. The topological polar surface area (TPSA) is 73.6 Å². The number of carbonyl (C=O) groups excluding carboxylic acids is 1. The normalized spacial score (nSPS) is 11.9. The number of benzene rings is 1. The zero-order valence-electron chi connectivity index (χ0n) is 13.0. The molecule has 0 aliphatic heterocycles. The van der Waals surface area contributed by atoms with Crippen molar-refractivity contribution in [3.63, 3.8) is 0 Å². The van der Waals surface area contributed by atoms with E-state index >= 15 is 0 Å². The highest BCUT2D eigenvalue weighted by molar-refractivity contribution is 5.69. The molecular weight excluding hydrogens is 256 g/mol. The summed E-state index contributed by atoms with van der Waals surface area (Å²) in [5, 5.41) is 2.84. The molecule has 0 aromatic heterocycles. The van der Waals surface area contributed by atoms with Gasteiger partial charge in [0.1, 0.15) is 11.4 Å². The van der Waals surface area contributed by atoms with Crippen LogP contribution in [0.1, 0.15) is 40.2 Å². The van der Waals surface area contributed by atoms with Gasteiger partial charge in [-0.2, -0.15) is 0 Å². The fourth-order valence-corrected chi connectivity index (χ4v) is 1.73. The monoisotopic (exact) mass is 280 g/mol. The van der Waals surface area contributed by atoms with Gasteiger partial charge in [-0.25, -0.2) is 4.79 Å². The Hall–Kier alpha value is -1.91. The maximum atomic E-state index is 11.9. The molecule has 1 amide bonds. The van der Waals surface area contributed by atoms with Crippen LogP contribution >= 0.6 is 0 Å². The number of anilines is 1. The molecule has 0 heterocycles. The van der Waals surface area contributed by atoms with Gasteiger partial charge in [0.25, 0.3) is 0 Å². The summed E-state index contributed by atoms with van der Waals surface area (Å²) in [4.78, 5) is 11.9. The quantitative estimate of drug-likeness (QED) is 0.835. The molecule has 1 aromatic rings. The van der Waals surface area contributed by atoms with Crippen molar-refractivity contribution >= 4 is 11.8 Å². The Morgan fingerprint density at radius 1 is 1.20 bits per heavy atom. The second kappa shape index (κ2) is 5.61. The third-order valence-electron chi connectivity index (χ3n) is 2.77. The summed E-state index contributed by atoms with van der Waals surface area (Å²) in [6.45, 7) is 9.26. The first-order valence-electron chi connectivity index (χ1n) is 6.50. The highest BCUT2D eigenvalue weighted by Gasteiger charge is 2.26. The largest absolute Gasteiger partial charge is 0.495 e. The van der Waals surface area contributed by atoms with Gasteiger partial charge in [-0.3, -0.25) is 0 Å². The molecule has 0 fully saturated rings. The van der Waals surface area contributed by atoms with E-state index in [-0.39, 0.29) is 0 Å². The van der Waals surface area contributed by atoms with E-state index < -0.39 is 17.2 Å². The van der Waals surface area contributed by atoms with E-state index in [4.69, 9.17) is 15.2 Å². The first-order valence-corrected chi connectivity index (χ1v) is 6.50. The molecule has 5 heteroatoms. The van der Waals surface area contributed by atoms with Crippen molar-refractivity contribution in [1.82, 2.24) is 5.32 Å². The molecule has 0 unspecified atom stereocenters. The Labute approximate surface area is 120 Å². The highest BCUT2D eigenvalue weighted by Crippen LogP contribution is 2.28. The maximum absolute atomic E-state index is 11.9. The van der Waals surface area contributed by atoms with Gasteiger partial charge < -0.3 is 20.5 Å². The summed E-state index contributed by atoms with van der Waals surface area (Å²) >= 11 is 0. The number of nitrogens with two attached hydrogens (primary N) is 1. The molecule has 0 bridgehead atoms. The van der Waals surface area contributed by atoms with E-state index in [0.29, 0.717) is 11.4 Å². The molecule has 3 N–H and O–H groups in total. The maximum Gasteiger partial charge on any atom is 0.408 e. The Bertz CT molecular complexity index is 490. The molecule has 0 aliphatic carbocycles. The molecule has 112 valence electrons. The molecule has 0 spiro atoms. The fourth-order valence-electron chi connectivity index (χ4n) is 1.73. The van der Waals surface area contributed by atoms with Gasteiger partial charge in [0.05, 0.1) is 18.3 Å². The van der Waals surface area contributed by atoms with Crippen LogP contribution in [0.5, 0.6) is 5.75 Å². The molecule has 20 heavy (non-hydrogen) atoms. The van der Waals surface area contributed by atoms with Gasteiger partial charge in [-0.05, 0) is 52.3 Å². The van der Waals surface area contributed by atoms with E-state index in [2.05, 4.69) is 5.32 Å². The van der Waals surface area contributed by atoms with Crippen LogP contribution in [-0.4, -0.2) is 18.8 Å². The van der Waals surface area contributed by atoms with Crippen LogP contribution in [0.25, 0.3) is 0 Å². The smallest absolute Gasteiger partial charge is 0.408 e. The Morgan fingerprint density at radius 3 is 2.30 bits per heavy atom. The van der Waals surface area contributed by atoms with Gasteiger partial charge in [-0.1, -0.05) is 6.07 Å². The van der Waals surface area contributed by atoms with Crippen molar-refractivity contribution in [1.29, 1.82) is 0 Å². The Morgan fingerprint density at radius 2 is 1.80 bits per heavy atom. The van der Waals surface area contributed by atoms with Crippen LogP contribution < -0.4 is 15.8 Å². The lowest BCUT2D eigenvalue weighted by molar-refractivity contribution is 0.0470. The van der Waals surface area contributed by atoms with Gasteiger partial charge in [-0.15, -0.1) is 0 Å². The minimum absolute atomic E-state index is 0.460. The molecule has 0 atom stereocenters. The Balaban J connectivity index is 2.90. The van der Waals surface area contributed by atoms with Crippen molar-refractivity contribution in [3.8, 4) is 5.75 Å². The van der Waals surface area contributed by atoms with Crippen LogP contribution in [-0.2, 0) is 10.3 Å². The lowest BCUT2D eigenvalue weighted by Crippen LogP contribution is -2.43. The molecule has 1 aromatic carbocycles. The van der Waals surface area contributed by atoms with Crippen LogP contribution in [0.2, 0.25) is 0 Å². The van der Waals surface area contributed by atoms with Crippen LogP contribution in [0.4, 0.5) is 10.5 Å². The lowest BCUT2D eigenvalue weighted by Gasteiger charge is -2.29. The van der Waals surface area contributed by atoms with Crippen LogP contribution in [0.3, 0.4) is 0 Å². The van der Waals surface area contributed by atoms with E-state index in [9.17, 15) is 4.79 Å². The molecule has 0 saturated heterocycles. The summed E-state index contributed by atoms with van der Waals surface area (Å²) in [6, 6.07) is 5.43. The zero-order valence-corrected chi connectivity index (χ0v) is 13.0. The summed E-state index contributed by atoms with van der Waals surface area (Å²) < 4.78 is 10.5. The van der Waals surface area contributed by atoms with E-state index in [0.717, 1.165) is 5.56 Å². The van der Waals surface area contributed by atoms with Crippen molar-refractivity contribution in [2.45, 2.75) is 45.8 Å². The van der Waals surface area contributed by atoms with Gasteiger partial charge in [0.2, 0.25) is 0 Å². The van der Waals surface area contributed by atoms with Crippen molar-refractivity contribution in [3.05, 3.63) is 23.8 Å². The van der Waals surface area contributed by atoms with Crippen LogP contribution in [0.15, 0.2) is 18.2 Å². The summed E-state index contributed by atoms with van der Waals surface area (Å²) in [6.07, 6.45) is -0.460. The second-order valence-corrected chi connectivity index (χ2v) is 6.21. The molecule has 0 saturated carbocycles. The fraction of sp³-hybridized carbons (Fsp3) is 0.533. The van der Waals surface area contributed by atoms with Crippen molar-refractivity contribution < 1.29 is 14.3 Å². The number of rotatable bonds is 3. The first kappa shape index (κ1) is 16.1. The summed E-state index contributed by atoms with van der Waals surface area (Å²) in [5.41, 5.74) is 6.11. The van der Waals surface area contributed by atoms with Gasteiger partial charge >= 0.3 is 6.09 Å². The minimum Gasteiger partial charge on any atom is -0.495 e. The molecular formula is C15H24N2O3. The zero-order chi connectivity index (χ0) is 15.6. The molecule has 5 nitrogen and oxygen atoms in total. The van der Waals surface area contributed by atoms with Crippen molar-refractivity contribution in [2.24, 2.45) is 0 Å². The molecule has 0 aliphatic rings. The van der Waals surface area contributed by atoms with E-state index in [1.54, 1.807) is 13.2 Å². The first-order chi connectivity index (χ1) is 9.05. The van der Waals surface area contributed by atoms with Crippen molar-refractivity contribution in [2.75, 3.05) is 12.8 Å². The molecule has 1 rings (SSSR count). The predicted octanol–water partition coefficient (Wildman–Crippen LogP) is 3.04. The third-order valence-corrected chi connectivity index (χ3v) is 2.77. The number of hydrogen-bond acceptors (Lipinski definition) is 4. The summed E-state index contributed by atoms with van der Waals surface area (Å²) in [5.74, 6) is 0.585. The van der Waals surface area contributed by atoms with E-state index in [1.807, 2.05) is 46.8 Å². The van der Waals surface area contributed by atoms with E-state index in [1.165, 1.54) is 0 Å². The minimum atomic E-state index is -0.594. The Kier molecular flexibility index (Phi) is 4.53. The number of amides is 1. The third kappa shape index (κ3) is 4.33. The summed E-state index contributed by atoms with van der Waals surface area (Å²) in [7, 11) is 1.56. The SMILES string of the molecule is COc1cc(C(C)(C)NC(=O)OC(C)(C)C)ccc1N. The number of nitrogens with one attached hydrogen (secondary N) is 1. The molecule has 0 radical (unpaired) electrons. The lowest BCUT2D eigenvalue weighted by atomic mass is 9.94. The number of alkyl carbamates (subject to hydrolysis) is 1.